The van der Waals surface area contributed by atoms with Gasteiger partial charge in [-0.2, -0.15) is 5.10 Å². The molecule has 21 heavy (non-hydrogen) atoms. The summed E-state index contributed by atoms with van der Waals surface area (Å²) < 4.78 is 1.84. The normalized spacial score (nSPS) is 19.3. The molecule has 2 amide bonds. The zero-order chi connectivity index (χ0) is 15.2. The summed E-state index contributed by atoms with van der Waals surface area (Å²) in [6, 6.07) is 1.50. The molecule has 6 heteroatoms. The Morgan fingerprint density at radius 3 is 3.00 bits per heavy atom. The Morgan fingerprint density at radius 1 is 1.57 bits per heavy atom. The van der Waals surface area contributed by atoms with E-state index in [2.05, 4.69) is 17.0 Å². The number of amides is 2. The first kappa shape index (κ1) is 15.3. The highest BCUT2D eigenvalue weighted by atomic mass is 16.2. The molecule has 0 unspecified atom stereocenters. The largest absolute Gasteiger partial charge is 0.344 e. The van der Waals surface area contributed by atoms with Crippen molar-refractivity contribution in [2.24, 2.45) is 0 Å². The summed E-state index contributed by atoms with van der Waals surface area (Å²) in [5.41, 5.74) is 0. The second-order valence-electron chi connectivity index (χ2n) is 5.33. The van der Waals surface area contributed by atoms with E-state index in [-0.39, 0.29) is 17.9 Å². The molecule has 0 radical (unpaired) electrons. The molecule has 0 aliphatic carbocycles. The van der Waals surface area contributed by atoms with Gasteiger partial charge in [0.05, 0.1) is 12.6 Å². The lowest BCUT2D eigenvalue weighted by Gasteiger charge is -2.28. The fourth-order valence-electron chi connectivity index (χ4n) is 2.77. The van der Waals surface area contributed by atoms with Crippen molar-refractivity contribution in [1.29, 1.82) is 0 Å². The van der Waals surface area contributed by atoms with Gasteiger partial charge in [0.2, 0.25) is 11.8 Å². The van der Waals surface area contributed by atoms with Crippen LogP contribution >= 0.6 is 0 Å². The van der Waals surface area contributed by atoms with Crippen LogP contribution in [0.3, 0.4) is 0 Å². The average molecular weight is 290 g/mol. The van der Waals surface area contributed by atoms with Crippen molar-refractivity contribution in [2.45, 2.75) is 44.8 Å². The van der Waals surface area contributed by atoms with Crippen LogP contribution in [0.4, 0.5) is 0 Å². The van der Waals surface area contributed by atoms with Gasteiger partial charge in [-0.05, 0) is 25.3 Å². The molecule has 1 aliphatic rings. The summed E-state index contributed by atoms with van der Waals surface area (Å²) >= 11 is 0. The van der Waals surface area contributed by atoms with Gasteiger partial charge in [-0.25, -0.2) is 0 Å². The molecule has 1 aliphatic heterocycles. The maximum atomic E-state index is 12.6. The zero-order valence-electron chi connectivity index (χ0n) is 12.4. The molecule has 1 saturated heterocycles. The lowest BCUT2D eigenvalue weighted by Crippen LogP contribution is -2.50. The van der Waals surface area contributed by atoms with Gasteiger partial charge in [0.1, 0.15) is 6.04 Å². The minimum Gasteiger partial charge on any atom is -0.344 e. The molecule has 1 fully saturated rings. The minimum atomic E-state index is -0.516. The molecule has 2 heterocycles. The van der Waals surface area contributed by atoms with Crippen molar-refractivity contribution in [3.63, 3.8) is 0 Å². The molecule has 1 aromatic rings. The Morgan fingerprint density at radius 2 is 2.38 bits per heavy atom. The predicted molar refractivity (Wildman–Crippen MR) is 79.4 cm³/mol. The van der Waals surface area contributed by atoms with E-state index in [1.807, 2.05) is 21.8 Å². The number of aromatic nitrogens is 2. The lowest BCUT2D eigenvalue weighted by atomic mass is 10.1. The van der Waals surface area contributed by atoms with Gasteiger partial charge in [0, 0.05) is 25.9 Å². The average Bonchev–Trinajstić information content (AvgIpc) is 3.09. The first-order valence-electron chi connectivity index (χ1n) is 7.27. The molecule has 0 spiro atoms. The number of nitrogens with zero attached hydrogens (tertiary/aromatic N) is 3. The van der Waals surface area contributed by atoms with Crippen molar-refractivity contribution < 1.29 is 9.59 Å². The van der Waals surface area contributed by atoms with E-state index in [0.717, 1.165) is 19.4 Å². The Hall–Kier alpha value is -2.11. The predicted octanol–water partition coefficient (Wildman–Crippen LogP) is 0.955. The third kappa shape index (κ3) is 3.93. The first-order valence-corrected chi connectivity index (χ1v) is 7.27. The highest BCUT2D eigenvalue weighted by molar-refractivity contribution is 5.87. The molecule has 0 saturated carbocycles. The Balaban J connectivity index is 2.04. The monoisotopic (exact) mass is 290 g/mol. The molecular weight excluding hydrogens is 268 g/mol. The Kier molecular flexibility index (Phi) is 5.14. The number of rotatable bonds is 6. The molecule has 1 aromatic heterocycles. The van der Waals surface area contributed by atoms with Crippen LogP contribution in [0.2, 0.25) is 0 Å². The Labute approximate surface area is 124 Å². The molecule has 0 aromatic carbocycles. The van der Waals surface area contributed by atoms with Crippen molar-refractivity contribution in [3.05, 3.63) is 31.1 Å². The molecular formula is C15H22N4O2. The molecule has 1 N–H and O–H groups in total. The Bertz CT molecular complexity index is 498. The molecule has 6 nitrogen and oxygen atoms in total. The van der Waals surface area contributed by atoms with Crippen LogP contribution in [0.15, 0.2) is 31.1 Å². The summed E-state index contributed by atoms with van der Waals surface area (Å²) in [4.78, 5) is 25.8. The van der Waals surface area contributed by atoms with Crippen molar-refractivity contribution in [1.82, 2.24) is 20.0 Å². The fraction of sp³-hybridized carbons (Fsp3) is 0.533. The van der Waals surface area contributed by atoms with Crippen LogP contribution in [0, 0.1) is 0 Å². The summed E-state index contributed by atoms with van der Waals surface area (Å²) in [5.74, 6) is -0.224. The van der Waals surface area contributed by atoms with E-state index < -0.39 is 6.04 Å². The van der Waals surface area contributed by atoms with Crippen LogP contribution in [0.25, 0.3) is 0 Å². The van der Waals surface area contributed by atoms with Gasteiger partial charge in [0.15, 0.2) is 0 Å². The van der Waals surface area contributed by atoms with Gasteiger partial charge >= 0.3 is 0 Å². The standard InChI is InChI=1S/C15H22N4O2/c1-3-6-14(17-12(2)20)15(21)19-10-4-7-13(19)11-18-9-5-8-16-18/h3,5,8-9,13-14H,1,4,6-7,10-11H2,2H3,(H,17,20)/t13-,14+/m1/s1. The maximum Gasteiger partial charge on any atom is 0.245 e. The third-order valence-electron chi connectivity index (χ3n) is 3.70. The van der Waals surface area contributed by atoms with Gasteiger partial charge in [0.25, 0.3) is 0 Å². The number of carbonyl (C=O) groups is 2. The second kappa shape index (κ2) is 7.06. The molecule has 2 rings (SSSR count). The number of likely N-dealkylation sites (tertiary alicyclic amines) is 1. The first-order chi connectivity index (χ1) is 10.1. The smallest absolute Gasteiger partial charge is 0.245 e. The quantitative estimate of drug-likeness (QED) is 0.793. The highest BCUT2D eigenvalue weighted by Gasteiger charge is 2.33. The van der Waals surface area contributed by atoms with Gasteiger partial charge in [-0.1, -0.05) is 6.08 Å². The number of carbonyl (C=O) groups excluding carboxylic acids is 2. The zero-order valence-corrected chi connectivity index (χ0v) is 12.4. The van der Waals surface area contributed by atoms with Gasteiger partial charge < -0.3 is 10.2 Å². The topological polar surface area (TPSA) is 67.2 Å². The molecule has 2 atom stereocenters. The fourth-order valence-corrected chi connectivity index (χ4v) is 2.77. The van der Waals surface area contributed by atoms with E-state index in [4.69, 9.17) is 0 Å². The second-order valence-corrected chi connectivity index (χ2v) is 5.33. The van der Waals surface area contributed by atoms with E-state index in [1.54, 1.807) is 12.3 Å². The van der Waals surface area contributed by atoms with E-state index in [0.29, 0.717) is 13.0 Å². The summed E-state index contributed by atoms with van der Waals surface area (Å²) in [6.45, 7) is 6.51. The van der Waals surface area contributed by atoms with Crippen LogP contribution in [0.1, 0.15) is 26.2 Å². The van der Waals surface area contributed by atoms with E-state index >= 15 is 0 Å². The maximum absolute atomic E-state index is 12.6. The molecule has 0 bridgehead atoms. The van der Waals surface area contributed by atoms with E-state index in [9.17, 15) is 9.59 Å². The summed E-state index contributed by atoms with van der Waals surface area (Å²) in [7, 11) is 0. The molecule has 114 valence electrons. The van der Waals surface area contributed by atoms with Crippen molar-refractivity contribution >= 4 is 11.8 Å². The number of hydrogen-bond acceptors (Lipinski definition) is 3. The van der Waals surface area contributed by atoms with Crippen LogP contribution < -0.4 is 5.32 Å². The van der Waals surface area contributed by atoms with Crippen LogP contribution in [-0.4, -0.2) is 45.1 Å². The van der Waals surface area contributed by atoms with Crippen molar-refractivity contribution in [3.8, 4) is 0 Å². The minimum absolute atomic E-state index is 0.0280. The van der Waals surface area contributed by atoms with Crippen LogP contribution in [0.5, 0.6) is 0 Å². The van der Waals surface area contributed by atoms with Gasteiger partial charge in [-0.3, -0.25) is 14.3 Å². The van der Waals surface area contributed by atoms with E-state index in [1.165, 1.54) is 6.92 Å². The highest BCUT2D eigenvalue weighted by Crippen LogP contribution is 2.20. The lowest BCUT2D eigenvalue weighted by molar-refractivity contribution is -0.137. The van der Waals surface area contributed by atoms with Crippen molar-refractivity contribution in [2.75, 3.05) is 6.54 Å². The number of nitrogens with one attached hydrogen (secondary N) is 1. The summed E-state index contributed by atoms with van der Waals surface area (Å²) in [6.07, 6.45) is 7.69. The van der Waals surface area contributed by atoms with Gasteiger partial charge in [-0.15, -0.1) is 6.58 Å². The summed E-state index contributed by atoms with van der Waals surface area (Å²) in [5, 5.41) is 6.91. The number of hydrogen-bond donors (Lipinski definition) is 1. The third-order valence-corrected chi connectivity index (χ3v) is 3.70. The SMILES string of the molecule is C=CC[C@H](NC(C)=O)C(=O)N1CCC[C@@H]1Cn1cccn1. The van der Waals surface area contributed by atoms with Crippen LogP contribution in [-0.2, 0) is 16.1 Å².